The minimum Gasteiger partial charge on any atom is -0.506 e. The van der Waals surface area contributed by atoms with Crippen molar-refractivity contribution in [2.75, 3.05) is 18.4 Å². The van der Waals surface area contributed by atoms with Gasteiger partial charge in [-0.25, -0.2) is 0 Å². The third-order valence-electron chi connectivity index (χ3n) is 1.84. The van der Waals surface area contributed by atoms with E-state index in [9.17, 15) is 14.7 Å². The minimum absolute atomic E-state index is 0.0744. The minimum atomic E-state index is -0.893. The predicted molar refractivity (Wildman–Crippen MR) is 63.8 cm³/mol. The molecule has 0 radical (unpaired) electrons. The summed E-state index contributed by atoms with van der Waals surface area (Å²) in [6.45, 7) is 0.440. The zero-order valence-corrected chi connectivity index (χ0v) is 9.62. The van der Waals surface area contributed by atoms with E-state index >= 15 is 0 Å². The molecule has 0 unspecified atom stereocenters. The van der Waals surface area contributed by atoms with Crippen molar-refractivity contribution < 1.29 is 14.7 Å². The van der Waals surface area contributed by atoms with E-state index in [-0.39, 0.29) is 24.5 Å². The molecule has 1 aromatic carbocycles. The molecule has 0 saturated heterocycles. The van der Waals surface area contributed by atoms with Crippen LogP contribution in [-0.4, -0.2) is 30.0 Å². The standard InChI is InChI=1S/C10H12ClN3O3/c11-6-1-2-8(15)7(5-6)14-10(17)9(16)13-4-3-12/h1-2,5,15H,3-4,12H2,(H,13,16)(H,14,17). The Labute approximate surface area is 103 Å². The van der Waals surface area contributed by atoms with Gasteiger partial charge in [0.2, 0.25) is 0 Å². The molecule has 5 N–H and O–H groups in total. The van der Waals surface area contributed by atoms with E-state index < -0.39 is 11.8 Å². The van der Waals surface area contributed by atoms with Crippen LogP contribution in [0.1, 0.15) is 0 Å². The summed E-state index contributed by atoms with van der Waals surface area (Å²) in [5.74, 6) is -1.89. The van der Waals surface area contributed by atoms with Gasteiger partial charge in [-0.1, -0.05) is 11.6 Å². The lowest BCUT2D eigenvalue weighted by atomic mass is 10.3. The van der Waals surface area contributed by atoms with Crippen LogP contribution in [0.4, 0.5) is 5.69 Å². The lowest BCUT2D eigenvalue weighted by Gasteiger charge is -2.07. The number of nitrogens with two attached hydrogens (primary N) is 1. The Morgan fingerprint density at radius 3 is 2.71 bits per heavy atom. The number of amides is 2. The molecule has 0 aromatic heterocycles. The smallest absolute Gasteiger partial charge is 0.313 e. The third kappa shape index (κ3) is 3.93. The van der Waals surface area contributed by atoms with E-state index in [1.54, 1.807) is 0 Å². The number of nitrogens with one attached hydrogen (secondary N) is 2. The molecule has 0 saturated carbocycles. The lowest BCUT2D eigenvalue weighted by Crippen LogP contribution is -2.37. The van der Waals surface area contributed by atoms with Crippen LogP contribution in [0.15, 0.2) is 18.2 Å². The van der Waals surface area contributed by atoms with Crippen molar-refractivity contribution >= 4 is 29.1 Å². The van der Waals surface area contributed by atoms with E-state index in [0.717, 1.165) is 0 Å². The largest absolute Gasteiger partial charge is 0.506 e. The van der Waals surface area contributed by atoms with Gasteiger partial charge in [0.05, 0.1) is 5.69 Å². The molecule has 92 valence electrons. The zero-order chi connectivity index (χ0) is 12.8. The summed E-state index contributed by atoms with van der Waals surface area (Å²) < 4.78 is 0. The van der Waals surface area contributed by atoms with Gasteiger partial charge in [0, 0.05) is 18.1 Å². The first kappa shape index (κ1) is 13.3. The Morgan fingerprint density at radius 2 is 2.06 bits per heavy atom. The maximum Gasteiger partial charge on any atom is 0.313 e. The second kappa shape index (κ2) is 6.07. The average molecular weight is 258 g/mol. The fourth-order valence-corrected chi connectivity index (χ4v) is 1.23. The molecule has 0 fully saturated rings. The molecule has 0 atom stereocenters. The number of carbonyl (C=O) groups is 2. The Kier molecular flexibility index (Phi) is 4.74. The molecule has 0 aliphatic carbocycles. The molecule has 17 heavy (non-hydrogen) atoms. The number of rotatable bonds is 3. The van der Waals surface area contributed by atoms with Gasteiger partial charge in [-0.3, -0.25) is 9.59 Å². The van der Waals surface area contributed by atoms with Crippen molar-refractivity contribution in [3.8, 4) is 5.75 Å². The van der Waals surface area contributed by atoms with Crippen molar-refractivity contribution in [1.82, 2.24) is 5.32 Å². The highest BCUT2D eigenvalue weighted by Crippen LogP contribution is 2.26. The summed E-state index contributed by atoms with van der Waals surface area (Å²) in [5.41, 5.74) is 5.24. The van der Waals surface area contributed by atoms with Crippen LogP contribution in [-0.2, 0) is 9.59 Å². The highest BCUT2D eigenvalue weighted by molar-refractivity contribution is 6.40. The summed E-state index contributed by atoms with van der Waals surface area (Å²) in [4.78, 5) is 22.6. The number of hydrogen-bond acceptors (Lipinski definition) is 4. The number of carbonyl (C=O) groups excluding carboxylic acids is 2. The Bertz CT molecular complexity index is 437. The van der Waals surface area contributed by atoms with Gasteiger partial charge in [0.25, 0.3) is 0 Å². The van der Waals surface area contributed by atoms with Crippen LogP contribution in [0.2, 0.25) is 5.02 Å². The Hall–Kier alpha value is -1.79. The van der Waals surface area contributed by atoms with Crippen molar-refractivity contribution in [3.63, 3.8) is 0 Å². The van der Waals surface area contributed by atoms with Gasteiger partial charge in [0.15, 0.2) is 0 Å². The second-order valence-corrected chi connectivity index (χ2v) is 3.60. The van der Waals surface area contributed by atoms with Gasteiger partial charge < -0.3 is 21.5 Å². The monoisotopic (exact) mass is 257 g/mol. The lowest BCUT2D eigenvalue weighted by molar-refractivity contribution is -0.136. The summed E-state index contributed by atoms with van der Waals surface area (Å²) >= 11 is 5.68. The molecule has 6 nitrogen and oxygen atoms in total. The molecular formula is C10H12ClN3O3. The van der Waals surface area contributed by atoms with Crippen molar-refractivity contribution in [1.29, 1.82) is 0 Å². The fraction of sp³-hybridized carbons (Fsp3) is 0.200. The molecule has 0 bridgehead atoms. The molecule has 0 aliphatic heterocycles. The number of anilines is 1. The first-order valence-corrected chi connectivity index (χ1v) is 5.20. The van der Waals surface area contributed by atoms with Gasteiger partial charge in [-0.2, -0.15) is 0 Å². The second-order valence-electron chi connectivity index (χ2n) is 3.16. The summed E-state index contributed by atoms with van der Waals surface area (Å²) in [6.07, 6.45) is 0. The van der Waals surface area contributed by atoms with Crippen molar-refractivity contribution in [2.24, 2.45) is 5.73 Å². The van der Waals surface area contributed by atoms with Crippen molar-refractivity contribution in [3.05, 3.63) is 23.2 Å². The zero-order valence-electron chi connectivity index (χ0n) is 8.87. The topological polar surface area (TPSA) is 104 Å². The highest BCUT2D eigenvalue weighted by Gasteiger charge is 2.14. The molecule has 0 spiro atoms. The van der Waals surface area contributed by atoms with Crippen LogP contribution in [0, 0.1) is 0 Å². The number of phenols is 1. The molecule has 7 heteroatoms. The summed E-state index contributed by atoms with van der Waals surface area (Å²) in [5, 5.41) is 14.3. The van der Waals surface area contributed by atoms with E-state index in [2.05, 4.69) is 10.6 Å². The molecular weight excluding hydrogens is 246 g/mol. The van der Waals surface area contributed by atoms with Crippen LogP contribution in [0.5, 0.6) is 5.75 Å². The SMILES string of the molecule is NCCNC(=O)C(=O)Nc1cc(Cl)ccc1O. The predicted octanol–water partition coefficient (Wildman–Crippen LogP) is 0.0590. The average Bonchev–Trinajstić information content (AvgIpc) is 2.30. The maximum atomic E-state index is 11.4. The molecule has 1 aromatic rings. The number of aromatic hydroxyl groups is 1. The van der Waals surface area contributed by atoms with E-state index in [4.69, 9.17) is 17.3 Å². The Morgan fingerprint density at radius 1 is 1.35 bits per heavy atom. The van der Waals surface area contributed by atoms with Gasteiger partial charge in [0.1, 0.15) is 5.75 Å². The van der Waals surface area contributed by atoms with E-state index in [1.165, 1.54) is 18.2 Å². The number of phenolic OH excluding ortho intramolecular Hbond substituents is 1. The van der Waals surface area contributed by atoms with Crippen LogP contribution in [0.3, 0.4) is 0 Å². The summed E-state index contributed by atoms with van der Waals surface area (Å²) in [7, 11) is 0. The van der Waals surface area contributed by atoms with E-state index in [0.29, 0.717) is 5.02 Å². The quantitative estimate of drug-likeness (QED) is 0.454. The van der Waals surface area contributed by atoms with E-state index in [1.807, 2.05) is 0 Å². The van der Waals surface area contributed by atoms with Gasteiger partial charge >= 0.3 is 11.8 Å². The molecule has 0 heterocycles. The normalized spacial score (nSPS) is 9.76. The van der Waals surface area contributed by atoms with Crippen LogP contribution < -0.4 is 16.4 Å². The number of halogens is 1. The maximum absolute atomic E-state index is 11.4. The first-order valence-electron chi connectivity index (χ1n) is 4.82. The van der Waals surface area contributed by atoms with Crippen molar-refractivity contribution in [2.45, 2.75) is 0 Å². The van der Waals surface area contributed by atoms with Gasteiger partial charge in [-0.05, 0) is 18.2 Å². The fourth-order valence-electron chi connectivity index (χ4n) is 1.05. The highest BCUT2D eigenvalue weighted by atomic mass is 35.5. The third-order valence-corrected chi connectivity index (χ3v) is 2.08. The first-order chi connectivity index (χ1) is 8.04. The van der Waals surface area contributed by atoms with Crippen LogP contribution >= 0.6 is 11.6 Å². The molecule has 1 rings (SSSR count). The Balaban J connectivity index is 2.67. The van der Waals surface area contributed by atoms with Crippen LogP contribution in [0.25, 0.3) is 0 Å². The molecule has 0 aliphatic rings. The van der Waals surface area contributed by atoms with Gasteiger partial charge in [-0.15, -0.1) is 0 Å². The summed E-state index contributed by atoms with van der Waals surface area (Å²) in [6, 6.07) is 4.11. The number of hydrogen-bond donors (Lipinski definition) is 4. The molecule has 2 amide bonds. The number of benzene rings is 1.